The lowest BCUT2D eigenvalue weighted by atomic mass is 10.0. The molecule has 0 radical (unpaired) electrons. The van der Waals surface area contributed by atoms with Crippen LogP contribution in [0.15, 0.2) is 30.3 Å². The highest BCUT2D eigenvalue weighted by molar-refractivity contribution is 7.90. The summed E-state index contributed by atoms with van der Waals surface area (Å²) in [4.78, 5) is 10.9. The summed E-state index contributed by atoms with van der Waals surface area (Å²) in [7, 11) is -3.30. The Morgan fingerprint density at radius 2 is 1.87 bits per heavy atom. The minimum atomic E-state index is -3.30. The van der Waals surface area contributed by atoms with E-state index in [0.29, 0.717) is 5.56 Å². The molecule has 0 saturated carbocycles. The first kappa shape index (κ1) is 11.7. The number of hydrogen-bond donors (Lipinski definition) is 1. The summed E-state index contributed by atoms with van der Waals surface area (Å²) in [6.45, 7) is 0. The van der Waals surface area contributed by atoms with E-state index in [4.69, 9.17) is 5.11 Å². The molecule has 0 aliphatic heterocycles. The van der Waals surface area contributed by atoms with Gasteiger partial charge in [0.1, 0.15) is 9.84 Å². The number of carboxylic acids is 1. The van der Waals surface area contributed by atoms with Crippen molar-refractivity contribution >= 4 is 15.8 Å². The van der Waals surface area contributed by atoms with Crippen molar-refractivity contribution in [2.24, 2.45) is 0 Å². The normalized spacial score (nSPS) is 13.4. The fraction of sp³-hybridized carbons (Fsp3) is 0.300. The van der Waals surface area contributed by atoms with E-state index in [1.165, 1.54) is 0 Å². The lowest BCUT2D eigenvalue weighted by Gasteiger charge is -2.10. The second-order valence-corrected chi connectivity index (χ2v) is 5.58. The zero-order valence-electron chi connectivity index (χ0n) is 8.25. The zero-order chi connectivity index (χ0) is 11.5. The van der Waals surface area contributed by atoms with Crippen LogP contribution in [0.4, 0.5) is 0 Å². The molecule has 0 aliphatic rings. The summed E-state index contributed by atoms with van der Waals surface area (Å²) in [5, 5.41) is 8.93. The minimum absolute atomic E-state index is 0.369. The van der Waals surface area contributed by atoms with Gasteiger partial charge in [-0.1, -0.05) is 30.3 Å². The van der Waals surface area contributed by atoms with Crippen LogP contribution in [-0.4, -0.2) is 31.5 Å². The van der Waals surface area contributed by atoms with Crippen LogP contribution in [0.3, 0.4) is 0 Å². The van der Waals surface area contributed by atoms with Gasteiger partial charge in [0.25, 0.3) is 0 Å². The lowest BCUT2D eigenvalue weighted by molar-refractivity contribution is -0.138. The molecule has 15 heavy (non-hydrogen) atoms. The first-order chi connectivity index (χ1) is 6.90. The van der Waals surface area contributed by atoms with E-state index in [1.54, 1.807) is 30.3 Å². The molecule has 0 spiro atoms. The maximum absolute atomic E-state index is 11.1. The number of benzene rings is 1. The van der Waals surface area contributed by atoms with Gasteiger partial charge in [-0.05, 0) is 5.56 Å². The van der Waals surface area contributed by atoms with Gasteiger partial charge in [-0.25, -0.2) is 8.42 Å². The van der Waals surface area contributed by atoms with E-state index >= 15 is 0 Å². The van der Waals surface area contributed by atoms with Gasteiger partial charge < -0.3 is 5.11 Å². The smallest absolute Gasteiger partial charge is 0.312 e. The van der Waals surface area contributed by atoms with Gasteiger partial charge >= 0.3 is 5.97 Å². The molecule has 0 unspecified atom stereocenters. The van der Waals surface area contributed by atoms with E-state index in [2.05, 4.69) is 0 Å². The maximum Gasteiger partial charge on any atom is 0.312 e. The third-order valence-corrected chi connectivity index (χ3v) is 2.91. The van der Waals surface area contributed by atoms with E-state index in [9.17, 15) is 13.2 Å². The second-order valence-electron chi connectivity index (χ2n) is 3.39. The summed E-state index contributed by atoms with van der Waals surface area (Å²) in [5.41, 5.74) is 0.510. The topological polar surface area (TPSA) is 71.4 Å². The largest absolute Gasteiger partial charge is 0.481 e. The van der Waals surface area contributed by atoms with E-state index in [1.807, 2.05) is 0 Å². The molecule has 1 N–H and O–H groups in total. The molecule has 1 aromatic rings. The molecule has 5 heteroatoms. The van der Waals surface area contributed by atoms with E-state index in [-0.39, 0.29) is 5.75 Å². The molecular formula is C10H12O4S. The number of hydrogen-bond acceptors (Lipinski definition) is 3. The number of carboxylic acid groups (broad SMARTS) is 1. The first-order valence-corrected chi connectivity index (χ1v) is 6.41. The molecule has 1 aromatic carbocycles. The third kappa shape index (κ3) is 3.71. The minimum Gasteiger partial charge on any atom is -0.481 e. The van der Waals surface area contributed by atoms with E-state index < -0.39 is 21.7 Å². The van der Waals surface area contributed by atoms with Gasteiger partial charge in [0.15, 0.2) is 0 Å². The van der Waals surface area contributed by atoms with Crippen molar-refractivity contribution in [1.82, 2.24) is 0 Å². The van der Waals surface area contributed by atoms with Gasteiger partial charge in [0.05, 0.1) is 11.7 Å². The van der Waals surface area contributed by atoms with Gasteiger partial charge in [-0.15, -0.1) is 0 Å². The Morgan fingerprint density at radius 1 is 1.33 bits per heavy atom. The zero-order valence-corrected chi connectivity index (χ0v) is 9.07. The third-order valence-electron chi connectivity index (χ3n) is 1.97. The highest BCUT2D eigenvalue weighted by Gasteiger charge is 2.23. The summed E-state index contributed by atoms with van der Waals surface area (Å²) in [5.74, 6) is -2.47. The first-order valence-electron chi connectivity index (χ1n) is 4.35. The van der Waals surface area contributed by atoms with Crippen molar-refractivity contribution in [3.05, 3.63) is 35.9 Å². The van der Waals surface area contributed by atoms with Crippen LogP contribution in [0.5, 0.6) is 0 Å². The Hall–Kier alpha value is -1.36. The highest BCUT2D eigenvalue weighted by atomic mass is 32.2. The summed E-state index contributed by atoms with van der Waals surface area (Å²) in [6.07, 6.45) is 1.03. The maximum atomic E-state index is 11.1. The molecule has 0 saturated heterocycles. The van der Waals surface area contributed by atoms with Crippen LogP contribution < -0.4 is 0 Å². The molecule has 0 amide bonds. The van der Waals surface area contributed by atoms with Crippen molar-refractivity contribution in [3.63, 3.8) is 0 Å². The van der Waals surface area contributed by atoms with Crippen LogP contribution in [0.25, 0.3) is 0 Å². The van der Waals surface area contributed by atoms with Gasteiger partial charge in [-0.2, -0.15) is 0 Å². The predicted octanol–water partition coefficient (Wildman–Crippen LogP) is 0.899. The summed E-state index contributed by atoms with van der Waals surface area (Å²) in [6, 6.07) is 8.36. The van der Waals surface area contributed by atoms with Crippen LogP contribution in [0.2, 0.25) is 0 Å². The molecule has 0 aliphatic carbocycles. The molecule has 1 atom stereocenters. The number of carbonyl (C=O) groups is 1. The Morgan fingerprint density at radius 3 is 2.27 bits per heavy atom. The van der Waals surface area contributed by atoms with Crippen LogP contribution in [0.1, 0.15) is 11.5 Å². The Kier molecular flexibility index (Phi) is 3.47. The molecule has 82 valence electrons. The molecule has 0 fully saturated rings. The fourth-order valence-electron chi connectivity index (χ4n) is 1.30. The predicted molar refractivity (Wildman–Crippen MR) is 56.5 cm³/mol. The Balaban J connectivity index is 3.00. The van der Waals surface area contributed by atoms with Crippen molar-refractivity contribution in [3.8, 4) is 0 Å². The Bertz CT molecular complexity index is 436. The average molecular weight is 228 g/mol. The van der Waals surface area contributed by atoms with Gasteiger partial charge in [0, 0.05) is 6.26 Å². The SMILES string of the molecule is CS(=O)(=O)C[C@H](C(=O)O)c1ccccc1. The van der Waals surface area contributed by atoms with Gasteiger partial charge in [-0.3, -0.25) is 4.79 Å². The molecular weight excluding hydrogens is 216 g/mol. The number of sulfone groups is 1. The van der Waals surface area contributed by atoms with Crippen LogP contribution >= 0.6 is 0 Å². The van der Waals surface area contributed by atoms with Crippen molar-refractivity contribution < 1.29 is 18.3 Å². The van der Waals surface area contributed by atoms with Crippen molar-refractivity contribution in [2.75, 3.05) is 12.0 Å². The molecule has 1 rings (SSSR count). The average Bonchev–Trinajstić information content (AvgIpc) is 2.14. The highest BCUT2D eigenvalue weighted by Crippen LogP contribution is 2.17. The standard InChI is InChI=1S/C10H12O4S/c1-15(13,14)7-9(10(11)12)8-5-3-2-4-6-8/h2-6,9H,7H2,1H3,(H,11,12)/t9-/m0/s1. The van der Waals surface area contributed by atoms with Crippen LogP contribution in [-0.2, 0) is 14.6 Å². The number of rotatable bonds is 4. The fourth-order valence-corrected chi connectivity index (χ4v) is 2.24. The number of aliphatic carboxylic acids is 1. The van der Waals surface area contributed by atoms with E-state index in [0.717, 1.165) is 6.26 Å². The lowest BCUT2D eigenvalue weighted by Crippen LogP contribution is -2.21. The molecule has 0 bridgehead atoms. The summed E-state index contributed by atoms with van der Waals surface area (Å²) < 4.78 is 22.1. The van der Waals surface area contributed by atoms with Crippen LogP contribution in [0, 0.1) is 0 Å². The molecule has 0 heterocycles. The second kappa shape index (κ2) is 4.44. The monoisotopic (exact) mass is 228 g/mol. The Labute approximate surface area is 88.5 Å². The molecule has 4 nitrogen and oxygen atoms in total. The summed E-state index contributed by atoms with van der Waals surface area (Å²) >= 11 is 0. The van der Waals surface area contributed by atoms with Crippen molar-refractivity contribution in [1.29, 1.82) is 0 Å². The van der Waals surface area contributed by atoms with Gasteiger partial charge in [0.2, 0.25) is 0 Å². The molecule has 0 aromatic heterocycles. The quantitative estimate of drug-likeness (QED) is 0.831. The van der Waals surface area contributed by atoms with Crippen molar-refractivity contribution in [2.45, 2.75) is 5.92 Å².